The van der Waals surface area contributed by atoms with Crippen LogP contribution in [0, 0.1) is 6.92 Å². The van der Waals surface area contributed by atoms with Crippen LogP contribution >= 0.6 is 11.6 Å². The maximum absolute atomic E-state index is 12.0. The lowest BCUT2D eigenvalue weighted by Crippen LogP contribution is -2.32. The molecule has 2 rings (SSSR count). The minimum absolute atomic E-state index is 0.124. The highest BCUT2D eigenvalue weighted by Gasteiger charge is 2.14. The first-order chi connectivity index (χ1) is 12.5. The fourth-order valence-corrected chi connectivity index (χ4v) is 2.53. The van der Waals surface area contributed by atoms with Crippen molar-refractivity contribution in [3.8, 4) is 5.75 Å². The fraction of sp³-hybridized carbons (Fsp3) is 0.300. The number of ether oxygens (including phenoxy) is 2. The molecule has 138 valence electrons. The van der Waals surface area contributed by atoms with E-state index in [-0.39, 0.29) is 25.2 Å². The predicted molar refractivity (Wildman–Crippen MR) is 100 cm³/mol. The van der Waals surface area contributed by atoms with E-state index in [4.69, 9.17) is 21.1 Å². The second kappa shape index (κ2) is 9.82. The predicted octanol–water partition coefficient (Wildman–Crippen LogP) is 3.84. The largest absolute Gasteiger partial charge is 0.480 e. The van der Waals surface area contributed by atoms with Gasteiger partial charge in [-0.25, -0.2) is 4.79 Å². The standard InChI is InChI=1S/C20H22ClNO4/c1-3-17(15-10-8-14(2)9-11-15)22-19(23)12-26-20(24)13-25-18-7-5-4-6-16(18)21/h4-11,17H,3,12-13H2,1-2H3,(H,22,23)/t17-/m0/s1. The van der Waals surface area contributed by atoms with E-state index in [0.717, 1.165) is 17.5 Å². The van der Waals surface area contributed by atoms with Gasteiger partial charge in [-0.2, -0.15) is 0 Å². The van der Waals surface area contributed by atoms with Crippen LogP contribution in [0.1, 0.15) is 30.5 Å². The molecule has 0 aliphatic carbocycles. The van der Waals surface area contributed by atoms with Crippen molar-refractivity contribution < 1.29 is 19.1 Å². The molecule has 0 radical (unpaired) electrons. The van der Waals surface area contributed by atoms with Crippen molar-refractivity contribution in [2.45, 2.75) is 26.3 Å². The minimum atomic E-state index is -0.636. The highest BCUT2D eigenvalue weighted by molar-refractivity contribution is 6.32. The topological polar surface area (TPSA) is 64.6 Å². The lowest BCUT2D eigenvalue weighted by Gasteiger charge is -2.17. The molecule has 0 aromatic heterocycles. The molecular formula is C20H22ClNO4. The average Bonchev–Trinajstić information content (AvgIpc) is 2.64. The molecule has 0 spiro atoms. The first-order valence-electron chi connectivity index (χ1n) is 8.38. The van der Waals surface area contributed by atoms with Gasteiger partial charge in [0, 0.05) is 0 Å². The minimum Gasteiger partial charge on any atom is -0.480 e. The molecule has 26 heavy (non-hydrogen) atoms. The zero-order valence-electron chi connectivity index (χ0n) is 14.8. The molecule has 0 fully saturated rings. The molecule has 5 nitrogen and oxygen atoms in total. The summed E-state index contributed by atoms with van der Waals surface area (Å²) >= 11 is 5.94. The molecular weight excluding hydrogens is 354 g/mol. The summed E-state index contributed by atoms with van der Waals surface area (Å²) in [5.41, 5.74) is 2.17. The van der Waals surface area contributed by atoms with Crippen LogP contribution in [0.4, 0.5) is 0 Å². The van der Waals surface area contributed by atoms with Gasteiger partial charge >= 0.3 is 5.97 Å². The van der Waals surface area contributed by atoms with Crippen molar-refractivity contribution in [3.05, 3.63) is 64.7 Å². The molecule has 2 aromatic rings. The van der Waals surface area contributed by atoms with Crippen molar-refractivity contribution in [2.24, 2.45) is 0 Å². The first-order valence-corrected chi connectivity index (χ1v) is 8.76. The SMILES string of the molecule is CC[C@H](NC(=O)COC(=O)COc1ccccc1Cl)c1ccc(C)cc1. The zero-order chi connectivity index (χ0) is 18.9. The Bertz CT molecular complexity index is 746. The number of benzene rings is 2. The van der Waals surface area contributed by atoms with E-state index < -0.39 is 5.97 Å². The Hall–Kier alpha value is -2.53. The number of hydrogen-bond acceptors (Lipinski definition) is 4. The van der Waals surface area contributed by atoms with E-state index >= 15 is 0 Å². The van der Waals surface area contributed by atoms with Gasteiger partial charge in [0.05, 0.1) is 11.1 Å². The van der Waals surface area contributed by atoms with Crippen molar-refractivity contribution in [1.29, 1.82) is 0 Å². The first kappa shape index (κ1) is 19.8. The highest BCUT2D eigenvalue weighted by atomic mass is 35.5. The van der Waals surface area contributed by atoms with Crippen LogP contribution in [-0.4, -0.2) is 25.1 Å². The Balaban J connectivity index is 1.77. The molecule has 0 heterocycles. The molecule has 0 aliphatic rings. The van der Waals surface area contributed by atoms with Gasteiger partial charge in [0.2, 0.25) is 0 Å². The van der Waals surface area contributed by atoms with Gasteiger partial charge in [-0.15, -0.1) is 0 Å². The van der Waals surface area contributed by atoms with Gasteiger partial charge in [0.15, 0.2) is 13.2 Å². The summed E-state index contributed by atoms with van der Waals surface area (Å²) < 4.78 is 10.2. The van der Waals surface area contributed by atoms with Crippen LogP contribution in [0.2, 0.25) is 5.02 Å². The Labute approximate surface area is 158 Å². The molecule has 1 atom stereocenters. The second-order valence-corrected chi connectivity index (χ2v) is 6.23. The third-order valence-electron chi connectivity index (χ3n) is 3.77. The summed E-state index contributed by atoms with van der Waals surface area (Å²) in [6.45, 7) is 3.32. The van der Waals surface area contributed by atoms with Crippen molar-refractivity contribution in [1.82, 2.24) is 5.32 Å². The van der Waals surface area contributed by atoms with Crippen molar-refractivity contribution in [2.75, 3.05) is 13.2 Å². The van der Waals surface area contributed by atoms with Gasteiger partial charge in [-0.1, -0.05) is 60.5 Å². The van der Waals surface area contributed by atoms with Crippen LogP contribution in [-0.2, 0) is 14.3 Å². The van der Waals surface area contributed by atoms with Crippen LogP contribution < -0.4 is 10.1 Å². The number of amides is 1. The third kappa shape index (κ3) is 6.08. The van der Waals surface area contributed by atoms with E-state index in [1.165, 1.54) is 0 Å². The number of halogens is 1. The van der Waals surface area contributed by atoms with Gasteiger partial charge in [0.1, 0.15) is 5.75 Å². The summed E-state index contributed by atoms with van der Waals surface area (Å²) in [4.78, 5) is 23.8. The van der Waals surface area contributed by atoms with E-state index in [1.807, 2.05) is 38.1 Å². The maximum Gasteiger partial charge on any atom is 0.344 e. The number of aryl methyl sites for hydroxylation is 1. The summed E-state index contributed by atoms with van der Waals surface area (Å²) in [5.74, 6) is -0.604. The van der Waals surface area contributed by atoms with Crippen molar-refractivity contribution >= 4 is 23.5 Å². The molecule has 0 aliphatic heterocycles. The molecule has 1 amide bonds. The summed E-state index contributed by atoms with van der Waals surface area (Å²) in [6, 6.07) is 14.6. The summed E-state index contributed by atoms with van der Waals surface area (Å²) in [5, 5.41) is 3.27. The van der Waals surface area contributed by atoms with Crippen LogP contribution in [0.25, 0.3) is 0 Å². The molecule has 0 unspecified atom stereocenters. The fourth-order valence-electron chi connectivity index (χ4n) is 2.34. The van der Waals surface area contributed by atoms with Crippen LogP contribution in [0.3, 0.4) is 0 Å². The smallest absolute Gasteiger partial charge is 0.344 e. The van der Waals surface area contributed by atoms with E-state index in [1.54, 1.807) is 24.3 Å². The number of para-hydroxylation sites is 1. The normalized spacial score (nSPS) is 11.5. The van der Waals surface area contributed by atoms with E-state index in [2.05, 4.69) is 5.32 Å². The molecule has 0 saturated heterocycles. The number of hydrogen-bond donors (Lipinski definition) is 1. The van der Waals surface area contributed by atoms with E-state index in [9.17, 15) is 9.59 Å². The van der Waals surface area contributed by atoms with Gasteiger partial charge < -0.3 is 14.8 Å². The zero-order valence-corrected chi connectivity index (χ0v) is 15.6. The third-order valence-corrected chi connectivity index (χ3v) is 4.08. The van der Waals surface area contributed by atoms with Gasteiger partial charge in [-0.05, 0) is 31.0 Å². The Morgan fingerprint density at radius 3 is 2.42 bits per heavy atom. The Kier molecular flexibility index (Phi) is 7.48. The van der Waals surface area contributed by atoms with Crippen LogP contribution in [0.15, 0.2) is 48.5 Å². The lowest BCUT2D eigenvalue weighted by atomic mass is 10.0. The number of esters is 1. The van der Waals surface area contributed by atoms with Gasteiger partial charge in [-0.3, -0.25) is 4.79 Å². The number of rotatable bonds is 8. The average molecular weight is 376 g/mol. The molecule has 0 saturated carbocycles. The van der Waals surface area contributed by atoms with Crippen molar-refractivity contribution in [3.63, 3.8) is 0 Å². The second-order valence-electron chi connectivity index (χ2n) is 5.82. The lowest BCUT2D eigenvalue weighted by molar-refractivity contribution is -0.150. The highest BCUT2D eigenvalue weighted by Crippen LogP contribution is 2.22. The maximum atomic E-state index is 12.0. The summed E-state index contributed by atoms with van der Waals surface area (Å²) in [7, 11) is 0. The molecule has 0 bridgehead atoms. The summed E-state index contributed by atoms with van der Waals surface area (Å²) in [6.07, 6.45) is 0.734. The van der Waals surface area contributed by atoms with Gasteiger partial charge in [0.25, 0.3) is 5.91 Å². The molecule has 1 N–H and O–H groups in total. The van der Waals surface area contributed by atoms with Crippen LogP contribution in [0.5, 0.6) is 5.75 Å². The monoisotopic (exact) mass is 375 g/mol. The number of nitrogens with one attached hydrogen (secondary N) is 1. The number of carbonyl (C=O) groups is 2. The van der Waals surface area contributed by atoms with E-state index in [0.29, 0.717) is 10.8 Å². The molecule has 6 heteroatoms. The Morgan fingerprint density at radius 1 is 1.08 bits per heavy atom. The quantitative estimate of drug-likeness (QED) is 0.712. The molecule has 2 aromatic carbocycles. The Morgan fingerprint density at radius 2 is 1.77 bits per heavy atom. The number of carbonyl (C=O) groups excluding carboxylic acids is 2.